The summed E-state index contributed by atoms with van der Waals surface area (Å²) >= 11 is 1.39. The molecule has 2 saturated heterocycles. The predicted molar refractivity (Wildman–Crippen MR) is 133 cm³/mol. The summed E-state index contributed by atoms with van der Waals surface area (Å²) in [6.45, 7) is 7.73. The van der Waals surface area contributed by atoms with Crippen LogP contribution in [0.5, 0.6) is 0 Å². The fourth-order valence-corrected chi connectivity index (χ4v) is 6.96. The van der Waals surface area contributed by atoms with Gasteiger partial charge in [-0.3, -0.25) is 9.59 Å². The van der Waals surface area contributed by atoms with Crippen LogP contribution in [-0.4, -0.2) is 84.2 Å². The number of amides is 2. The Balaban J connectivity index is 1.55. The van der Waals surface area contributed by atoms with E-state index in [9.17, 15) is 34.5 Å². The summed E-state index contributed by atoms with van der Waals surface area (Å²) in [6, 6.07) is 5.14. The van der Waals surface area contributed by atoms with E-state index in [4.69, 9.17) is 0 Å². The van der Waals surface area contributed by atoms with Crippen LogP contribution in [0.3, 0.4) is 0 Å². The van der Waals surface area contributed by atoms with E-state index in [2.05, 4.69) is 5.32 Å². The molecular formula is C25H30N3O7S+. The van der Waals surface area contributed by atoms with Crippen LogP contribution >= 0.6 is 11.8 Å². The van der Waals surface area contributed by atoms with Gasteiger partial charge >= 0.3 is 11.9 Å². The second-order valence-corrected chi connectivity index (χ2v) is 11.1. The normalized spacial score (nSPS) is 28.0. The van der Waals surface area contributed by atoms with Crippen LogP contribution in [0.25, 0.3) is 0 Å². The van der Waals surface area contributed by atoms with Crippen molar-refractivity contribution in [3.63, 3.8) is 0 Å². The molecule has 0 radical (unpaired) electrons. The standard InChI is InChI=1S/C25H29N3O7S/c1-11(2)27-10-16(9-17(27)22(30)26-15-7-5-6-14(8-15)24(32)33)36-21-12(3)19-18(13(4)29)23(31)28(19)20(21)25(34)35/h5-8,12-13,16-19,29H,9-10H2,1-4H3,(H2-,26,30,32,33,34,35)/p+1/t12-,13-,16+,17+,18-,19-/m1/s1. The Morgan fingerprint density at radius 1 is 1.19 bits per heavy atom. The molecule has 0 saturated carbocycles. The summed E-state index contributed by atoms with van der Waals surface area (Å²) in [5.41, 5.74) is 1.36. The Morgan fingerprint density at radius 3 is 2.47 bits per heavy atom. The van der Waals surface area contributed by atoms with E-state index in [0.29, 0.717) is 23.6 Å². The topological polar surface area (TPSA) is 147 Å². The third kappa shape index (κ3) is 4.41. The molecule has 0 unspecified atom stereocenters. The lowest BCUT2D eigenvalue weighted by molar-refractivity contribution is -0.530. The Kier molecular flexibility index (Phi) is 6.98. The van der Waals surface area contributed by atoms with Crippen LogP contribution < -0.4 is 5.32 Å². The molecule has 2 fully saturated rings. The zero-order valence-corrected chi connectivity index (χ0v) is 21.3. The zero-order valence-electron chi connectivity index (χ0n) is 20.5. The molecule has 192 valence electrons. The number of benzene rings is 1. The maximum absolute atomic E-state index is 13.2. The highest BCUT2D eigenvalue weighted by molar-refractivity contribution is 8.03. The molecule has 36 heavy (non-hydrogen) atoms. The molecule has 1 aromatic carbocycles. The van der Waals surface area contributed by atoms with Crippen LogP contribution in [0.1, 0.15) is 44.5 Å². The lowest BCUT2D eigenvalue weighted by Gasteiger charge is -2.46. The van der Waals surface area contributed by atoms with Crippen molar-refractivity contribution in [3.8, 4) is 0 Å². The van der Waals surface area contributed by atoms with Crippen LogP contribution in [0, 0.1) is 11.8 Å². The summed E-state index contributed by atoms with van der Waals surface area (Å²) in [5.74, 6) is -3.78. The van der Waals surface area contributed by atoms with E-state index in [1.807, 2.05) is 25.3 Å². The van der Waals surface area contributed by atoms with Crippen molar-refractivity contribution in [2.24, 2.45) is 11.8 Å². The minimum Gasteiger partial charge on any atom is -0.478 e. The first-order valence-corrected chi connectivity index (χ1v) is 12.7. The van der Waals surface area contributed by atoms with Gasteiger partial charge in [-0.2, -0.15) is 0 Å². The fraction of sp³-hybridized carbons (Fsp3) is 0.480. The van der Waals surface area contributed by atoms with E-state index in [-0.39, 0.29) is 40.3 Å². The molecule has 2 amide bonds. The SMILES string of the molecule is CC(C)=[N+]1C[C@@H](SC2=C(C(=O)O)N3C(=O)[C@H]([C@@H](C)O)[C@H]3[C@H]2C)C[C@H]1C(=O)Nc1cccc(C(=O)O)c1. The number of carbonyl (C=O) groups is 4. The van der Waals surface area contributed by atoms with E-state index < -0.39 is 30.0 Å². The molecule has 0 aliphatic carbocycles. The van der Waals surface area contributed by atoms with E-state index >= 15 is 0 Å². The molecule has 6 atom stereocenters. The van der Waals surface area contributed by atoms with Gasteiger partial charge in [-0.05, 0) is 25.1 Å². The summed E-state index contributed by atoms with van der Waals surface area (Å²) in [4.78, 5) is 51.1. The first-order chi connectivity index (χ1) is 16.9. The van der Waals surface area contributed by atoms with Gasteiger partial charge in [0.05, 0.1) is 28.9 Å². The van der Waals surface area contributed by atoms with Crippen LogP contribution in [0.15, 0.2) is 34.9 Å². The van der Waals surface area contributed by atoms with Crippen molar-refractivity contribution in [2.45, 2.75) is 57.6 Å². The summed E-state index contributed by atoms with van der Waals surface area (Å²) in [6.07, 6.45) is -0.422. The smallest absolute Gasteiger partial charge is 0.353 e. The average Bonchev–Trinajstić information content (AvgIpc) is 3.32. The summed E-state index contributed by atoms with van der Waals surface area (Å²) in [7, 11) is 0. The van der Waals surface area contributed by atoms with Gasteiger partial charge in [-0.1, -0.05) is 13.0 Å². The number of anilines is 1. The van der Waals surface area contributed by atoms with Crippen molar-refractivity contribution in [3.05, 3.63) is 40.4 Å². The van der Waals surface area contributed by atoms with Gasteiger partial charge < -0.3 is 25.5 Å². The monoisotopic (exact) mass is 516 g/mol. The molecule has 3 aliphatic rings. The van der Waals surface area contributed by atoms with Gasteiger partial charge in [-0.15, -0.1) is 11.8 Å². The van der Waals surface area contributed by atoms with Gasteiger partial charge in [0.1, 0.15) is 11.4 Å². The Labute approximate surface area is 212 Å². The number of carboxylic acids is 2. The average molecular weight is 517 g/mol. The quantitative estimate of drug-likeness (QED) is 0.317. The number of carboxylic acid groups (broad SMARTS) is 2. The van der Waals surface area contributed by atoms with E-state index in [1.54, 1.807) is 19.1 Å². The lowest BCUT2D eigenvalue weighted by atomic mass is 9.79. The number of rotatable bonds is 7. The van der Waals surface area contributed by atoms with Crippen LogP contribution in [-0.2, 0) is 14.4 Å². The molecule has 3 aliphatic heterocycles. The highest BCUT2D eigenvalue weighted by Gasteiger charge is 2.60. The van der Waals surface area contributed by atoms with Crippen LogP contribution in [0.2, 0.25) is 0 Å². The third-order valence-corrected chi connectivity index (χ3v) is 8.62. The van der Waals surface area contributed by atoms with Crippen molar-refractivity contribution in [2.75, 3.05) is 11.9 Å². The first kappa shape index (κ1) is 25.9. The molecule has 0 aromatic heterocycles. The fourth-order valence-electron chi connectivity index (χ4n) is 5.44. The summed E-state index contributed by atoms with van der Waals surface area (Å²) < 4.78 is 1.97. The van der Waals surface area contributed by atoms with E-state index in [1.165, 1.54) is 28.8 Å². The molecule has 11 heteroatoms. The second-order valence-electron chi connectivity index (χ2n) is 9.74. The number of thioether (sulfide) groups is 1. The zero-order chi connectivity index (χ0) is 26.5. The summed E-state index contributed by atoms with van der Waals surface area (Å²) in [5, 5.41) is 31.9. The number of hydrogen-bond acceptors (Lipinski definition) is 6. The Bertz CT molecular complexity index is 1200. The molecule has 3 heterocycles. The number of carbonyl (C=O) groups excluding carboxylic acids is 2. The highest BCUT2D eigenvalue weighted by atomic mass is 32.2. The van der Waals surface area contributed by atoms with Gasteiger partial charge in [0, 0.05) is 36.8 Å². The van der Waals surface area contributed by atoms with Crippen molar-refractivity contribution < 1.29 is 39.1 Å². The van der Waals surface area contributed by atoms with Crippen LogP contribution in [0.4, 0.5) is 5.69 Å². The number of hydrogen-bond donors (Lipinski definition) is 4. The van der Waals surface area contributed by atoms with E-state index in [0.717, 1.165) is 5.71 Å². The minimum atomic E-state index is -1.18. The van der Waals surface area contributed by atoms with Gasteiger partial charge in [0.25, 0.3) is 5.91 Å². The number of aliphatic carboxylic acids is 1. The number of fused-ring (bicyclic) bond motifs is 1. The highest BCUT2D eigenvalue weighted by Crippen LogP contribution is 2.52. The minimum absolute atomic E-state index is 0.0264. The number of nitrogens with zero attached hydrogens (tertiary/aromatic N) is 2. The number of aliphatic hydroxyl groups is 1. The number of nitrogens with one attached hydrogen (secondary N) is 1. The van der Waals surface area contributed by atoms with Crippen molar-refractivity contribution in [1.29, 1.82) is 0 Å². The van der Waals surface area contributed by atoms with Gasteiger partial charge in [0.2, 0.25) is 11.9 Å². The molecule has 4 N–H and O–H groups in total. The molecule has 4 rings (SSSR count). The molecule has 10 nitrogen and oxygen atoms in total. The van der Waals surface area contributed by atoms with Crippen molar-refractivity contribution in [1.82, 2.24) is 4.90 Å². The lowest BCUT2D eigenvalue weighted by Crippen LogP contribution is -2.63. The second kappa shape index (κ2) is 9.70. The number of β-lactam (4-membered cyclic amide) rings is 1. The molecule has 0 bridgehead atoms. The molecule has 1 aromatic rings. The Morgan fingerprint density at radius 2 is 1.89 bits per heavy atom. The number of aromatic carboxylic acids is 1. The largest absolute Gasteiger partial charge is 0.478 e. The first-order valence-electron chi connectivity index (χ1n) is 11.8. The van der Waals surface area contributed by atoms with Gasteiger partial charge in [0.15, 0.2) is 6.54 Å². The molecule has 0 spiro atoms. The maximum atomic E-state index is 13.2. The maximum Gasteiger partial charge on any atom is 0.353 e. The van der Waals surface area contributed by atoms with Gasteiger partial charge in [-0.25, -0.2) is 14.2 Å². The Hall–Kier alpha value is -3.18. The predicted octanol–water partition coefficient (Wildman–Crippen LogP) is 1.84. The van der Waals surface area contributed by atoms with Crippen molar-refractivity contribution >= 4 is 46.9 Å². The molecular weight excluding hydrogens is 486 g/mol. The number of aliphatic hydroxyl groups excluding tert-OH is 1. The third-order valence-electron chi connectivity index (χ3n) is 7.12.